The molecule has 0 aromatic heterocycles. The summed E-state index contributed by atoms with van der Waals surface area (Å²) in [7, 11) is 2.01. The van der Waals surface area contributed by atoms with Crippen molar-refractivity contribution in [2.45, 2.75) is 33.1 Å². The molecule has 14 heavy (non-hydrogen) atoms. The molecule has 0 amide bonds. The molecular formula is C13H19N. The van der Waals surface area contributed by atoms with Gasteiger partial charge in [0.05, 0.1) is 0 Å². The Morgan fingerprint density at radius 3 is 2.50 bits per heavy atom. The molecule has 1 N–H and O–H groups in total. The van der Waals surface area contributed by atoms with Crippen LogP contribution in [-0.2, 0) is 0 Å². The highest BCUT2D eigenvalue weighted by Crippen LogP contribution is 2.59. The van der Waals surface area contributed by atoms with Crippen LogP contribution in [0.15, 0.2) is 18.2 Å². The maximum Gasteiger partial charge on any atom is 0.0375 e. The Balaban J connectivity index is 2.35. The average Bonchev–Trinajstić information content (AvgIpc) is 2.74. The summed E-state index contributed by atoms with van der Waals surface area (Å²) in [5.41, 5.74) is 4.64. The molecule has 76 valence electrons. The van der Waals surface area contributed by atoms with Crippen LogP contribution in [0.5, 0.6) is 0 Å². The van der Waals surface area contributed by atoms with Crippen LogP contribution in [0, 0.1) is 12.3 Å². The Bertz CT molecular complexity index is 352. The van der Waals surface area contributed by atoms with Crippen molar-refractivity contribution in [3.8, 4) is 0 Å². The number of nitrogens with one attached hydrogen (secondary N) is 1. The molecule has 0 radical (unpaired) electrons. The predicted octanol–water partition coefficient (Wildman–Crippen LogP) is 3.55. The largest absolute Gasteiger partial charge is 0.388 e. The molecule has 1 saturated carbocycles. The molecule has 1 heteroatoms. The molecule has 0 bridgehead atoms. The monoisotopic (exact) mass is 189 g/mol. The summed E-state index contributed by atoms with van der Waals surface area (Å²) in [5, 5.41) is 3.30. The topological polar surface area (TPSA) is 12.0 Å². The van der Waals surface area contributed by atoms with Crippen molar-refractivity contribution in [3.63, 3.8) is 0 Å². The van der Waals surface area contributed by atoms with Crippen LogP contribution in [0.2, 0.25) is 0 Å². The van der Waals surface area contributed by atoms with E-state index in [9.17, 15) is 0 Å². The van der Waals surface area contributed by atoms with E-state index in [1.54, 1.807) is 0 Å². The van der Waals surface area contributed by atoms with Gasteiger partial charge in [0.2, 0.25) is 0 Å². The molecule has 1 aromatic rings. The van der Waals surface area contributed by atoms with Crippen molar-refractivity contribution in [2.24, 2.45) is 5.41 Å². The molecule has 1 aliphatic carbocycles. The SMILES string of the molecule is CNc1cc(C)ccc1C1CC1(C)C. The second kappa shape index (κ2) is 3.01. The third kappa shape index (κ3) is 1.52. The number of aryl methyl sites for hydroxylation is 1. The predicted molar refractivity (Wildman–Crippen MR) is 61.9 cm³/mol. The lowest BCUT2D eigenvalue weighted by Crippen LogP contribution is -1.97. The maximum absolute atomic E-state index is 3.30. The van der Waals surface area contributed by atoms with E-state index in [1.807, 2.05) is 7.05 Å². The van der Waals surface area contributed by atoms with Gasteiger partial charge >= 0.3 is 0 Å². The number of benzene rings is 1. The molecule has 0 spiro atoms. The summed E-state index contributed by atoms with van der Waals surface area (Å²) in [4.78, 5) is 0. The first-order chi connectivity index (χ1) is 6.54. The lowest BCUT2D eigenvalue weighted by molar-refractivity contribution is 0.622. The van der Waals surface area contributed by atoms with Crippen LogP contribution in [0.1, 0.15) is 37.3 Å². The van der Waals surface area contributed by atoms with E-state index in [0.717, 1.165) is 5.92 Å². The zero-order valence-electron chi connectivity index (χ0n) is 9.52. The van der Waals surface area contributed by atoms with Crippen molar-refractivity contribution in [3.05, 3.63) is 29.3 Å². The Labute approximate surface area is 86.5 Å². The third-order valence-corrected chi connectivity index (χ3v) is 3.37. The molecular weight excluding hydrogens is 170 g/mol. The fourth-order valence-electron chi connectivity index (χ4n) is 2.19. The summed E-state index contributed by atoms with van der Waals surface area (Å²) in [6.45, 7) is 6.83. The lowest BCUT2D eigenvalue weighted by atomic mass is 10.00. The Kier molecular flexibility index (Phi) is 2.06. The highest BCUT2D eigenvalue weighted by molar-refractivity contribution is 5.56. The molecule has 1 aromatic carbocycles. The molecule has 1 unspecified atom stereocenters. The number of anilines is 1. The van der Waals surface area contributed by atoms with Crippen molar-refractivity contribution >= 4 is 5.69 Å². The summed E-state index contributed by atoms with van der Waals surface area (Å²) in [6, 6.07) is 6.73. The number of hydrogen-bond donors (Lipinski definition) is 1. The van der Waals surface area contributed by atoms with E-state index in [2.05, 4.69) is 44.3 Å². The summed E-state index contributed by atoms with van der Waals surface area (Å²) in [5.74, 6) is 0.755. The van der Waals surface area contributed by atoms with Gasteiger partial charge in [0.25, 0.3) is 0 Å². The van der Waals surface area contributed by atoms with E-state index in [1.165, 1.54) is 23.2 Å². The minimum Gasteiger partial charge on any atom is -0.388 e. The van der Waals surface area contributed by atoms with Gasteiger partial charge in [0.15, 0.2) is 0 Å². The average molecular weight is 189 g/mol. The quantitative estimate of drug-likeness (QED) is 0.750. The first-order valence-corrected chi connectivity index (χ1v) is 5.33. The van der Waals surface area contributed by atoms with Gasteiger partial charge in [-0.2, -0.15) is 0 Å². The summed E-state index contributed by atoms with van der Waals surface area (Å²) < 4.78 is 0. The van der Waals surface area contributed by atoms with Crippen molar-refractivity contribution in [1.29, 1.82) is 0 Å². The first-order valence-electron chi connectivity index (χ1n) is 5.33. The van der Waals surface area contributed by atoms with Gasteiger partial charge in [-0.1, -0.05) is 26.0 Å². The summed E-state index contributed by atoms with van der Waals surface area (Å²) in [6.07, 6.45) is 1.32. The van der Waals surface area contributed by atoms with E-state index in [0.29, 0.717) is 5.41 Å². The third-order valence-electron chi connectivity index (χ3n) is 3.37. The van der Waals surface area contributed by atoms with Crippen LogP contribution >= 0.6 is 0 Å². The molecule has 0 heterocycles. The lowest BCUT2D eigenvalue weighted by Gasteiger charge is -2.11. The highest BCUT2D eigenvalue weighted by atomic mass is 14.8. The fraction of sp³-hybridized carbons (Fsp3) is 0.538. The Morgan fingerprint density at radius 2 is 2.00 bits per heavy atom. The molecule has 0 aliphatic heterocycles. The maximum atomic E-state index is 3.30. The van der Waals surface area contributed by atoms with Crippen LogP contribution in [0.25, 0.3) is 0 Å². The Morgan fingerprint density at radius 1 is 1.36 bits per heavy atom. The molecule has 2 rings (SSSR count). The van der Waals surface area contributed by atoms with Gasteiger partial charge in [-0.05, 0) is 41.9 Å². The molecule has 1 fully saturated rings. The van der Waals surface area contributed by atoms with E-state index >= 15 is 0 Å². The minimum absolute atomic E-state index is 0.515. The standard InChI is InChI=1S/C13H19N/c1-9-5-6-10(12(7-9)14-4)11-8-13(11,2)3/h5-7,11,14H,8H2,1-4H3. The van der Waals surface area contributed by atoms with Crippen molar-refractivity contribution < 1.29 is 0 Å². The fourth-order valence-corrected chi connectivity index (χ4v) is 2.19. The molecule has 1 nitrogen and oxygen atoms in total. The number of rotatable bonds is 2. The van der Waals surface area contributed by atoms with Gasteiger partial charge < -0.3 is 5.32 Å². The zero-order chi connectivity index (χ0) is 10.3. The van der Waals surface area contributed by atoms with Crippen LogP contribution in [-0.4, -0.2) is 7.05 Å². The van der Waals surface area contributed by atoms with Gasteiger partial charge in [0.1, 0.15) is 0 Å². The second-order valence-electron chi connectivity index (χ2n) is 5.09. The van der Waals surface area contributed by atoms with Crippen LogP contribution in [0.3, 0.4) is 0 Å². The molecule has 0 saturated heterocycles. The smallest absolute Gasteiger partial charge is 0.0375 e. The van der Waals surface area contributed by atoms with Gasteiger partial charge in [0, 0.05) is 12.7 Å². The van der Waals surface area contributed by atoms with E-state index < -0.39 is 0 Å². The van der Waals surface area contributed by atoms with Crippen LogP contribution in [0.4, 0.5) is 5.69 Å². The first kappa shape index (κ1) is 9.57. The van der Waals surface area contributed by atoms with E-state index in [-0.39, 0.29) is 0 Å². The van der Waals surface area contributed by atoms with Crippen LogP contribution < -0.4 is 5.32 Å². The van der Waals surface area contributed by atoms with Gasteiger partial charge in [-0.15, -0.1) is 0 Å². The zero-order valence-corrected chi connectivity index (χ0v) is 9.52. The second-order valence-corrected chi connectivity index (χ2v) is 5.09. The number of hydrogen-bond acceptors (Lipinski definition) is 1. The van der Waals surface area contributed by atoms with Gasteiger partial charge in [-0.3, -0.25) is 0 Å². The van der Waals surface area contributed by atoms with Crippen molar-refractivity contribution in [1.82, 2.24) is 0 Å². The Hall–Kier alpha value is -0.980. The summed E-state index contributed by atoms with van der Waals surface area (Å²) >= 11 is 0. The normalized spacial score (nSPS) is 23.3. The molecule has 1 aliphatic rings. The van der Waals surface area contributed by atoms with Gasteiger partial charge in [-0.25, -0.2) is 0 Å². The van der Waals surface area contributed by atoms with Crippen molar-refractivity contribution in [2.75, 3.05) is 12.4 Å². The molecule has 1 atom stereocenters. The minimum atomic E-state index is 0.515. The highest BCUT2D eigenvalue weighted by Gasteiger charge is 2.47. The van der Waals surface area contributed by atoms with E-state index in [4.69, 9.17) is 0 Å².